The van der Waals surface area contributed by atoms with Crippen LogP contribution in [-0.4, -0.2) is 34.2 Å². The average molecular weight is 341 g/mol. The summed E-state index contributed by atoms with van der Waals surface area (Å²) in [6.07, 6.45) is 0. The first kappa shape index (κ1) is 19.3. The van der Waals surface area contributed by atoms with E-state index < -0.39 is 28.6 Å². The van der Waals surface area contributed by atoms with Crippen LogP contribution >= 0.6 is 0 Å². The Morgan fingerprint density at radius 3 is 2.30 bits per heavy atom. The van der Waals surface area contributed by atoms with Gasteiger partial charge in [0.2, 0.25) is 11.8 Å². The van der Waals surface area contributed by atoms with Gasteiger partial charge >= 0.3 is 0 Å². The lowest BCUT2D eigenvalue weighted by Crippen LogP contribution is -2.41. The lowest BCUT2D eigenvalue weighted by Gasteiger charge is -2.17. The van der Waals surface area contributed by atoms with Crippen molar-refractivity contribution >= 4 is 28.6 Å². The minimum Gasteiger partial charge on any atom is -0.346 e. The van der Waals surface area contributed by atoms with Crippen molar-refractivity contribution < 1.29 is 18.0 Å². The lowest BCUT2D eigenvalue weighted by molar-refractivity contribution is -0.124. The van der Waals surface area contributed by atoms with E-state index in [1.165, 1.54) is 6.92 Å². The fraction of sp³-hybridized carbons (Fsp3) is 0.467. The van der Waals surface area contributed by atoms with Crippen LogP contribution in [0.1, 0.15) is 27.7 Å². The zero-order valence-electron chi connectivity index (χ0n) is 13.7. The monoisotopic (exact) mass is 341 g/mol. The first-order chi connectivity index (χ1) is 10.6. The Hall–Kier alpha value is -1.77. The summed E-state index contributed by atoms with van der Waals surface area (Å²) in [5.74, 6) is -0.774. The van der Waals surface area contributed by atoms with E-state index in [4.69, 9.17) is 9.92 Å². The van der Waals surface area contributed by atoms with Gasteiger partial charge in [-0.25, -0.2) is 4.21 Å². The van der Waals surface area contributed by atoms with Crippen LogP contribution in [0, 0.1) is 0 Å². The van der Waals surface area contributed by atoms with Gasteiger partial charge in [0, 0.05) is 5.69 Å². The highest BCUT2D eigenvalue weighted by atomic mass is 32.2. The Balaban J connectivity index is 2.55. The predicted octanol–water partition coefficient (Wildman–Crippen LogP) is 0.926. The second-order valence-electron chi connectivity index (χ2n) is 6.01. The molecule has 23 heavy (non-hydrogen) atoms. The molecule has 7 nitrogen and oxygen atoms in total. The molecular formula is C15H23N3O4S. The second-order valence-corrected chi connectivity index (χ2v) is 7.12. The maximum absolute atomic E-state index is 12.0. The molecule has 0 bridgehead atoms. The van der Waals surface area contributed by atoms with Crippen molar-refractivity contribution in [2.24, 2.45) is 5.73 Å². The molecule has 1 rings (SSSR count). The number of anilines is 1. The highest BCUT2D eigenvalue weighted by Crippen LogP contribution is 2.18. The Labute approximate surface area is 138 Å². The van der Waals surface area contributed by atoms with Gasteiger partial charge in [-0.05, 0) is 52.0 Å². The van der Waals surface area contributed by atoms with Crippen molar-refractivity contribution in [2.45, 2.75) is 44.2 Å². The van der Waals surface area contributed by atoms with E-state index in [0.717, 1.165) is 0 Å². The molecule has 0 fully saturated rings. The van der Waals surface area contributed by atoms with Gasteiger partial charge < -0.3 is 16.4 Å². The molecule has 2 atom stereocenters. The largest absolute Gasteiger partial charge is 0.346 e. The molecule has 0 aliphatic carbocycles. The molecule has 0 aliphatic heterocycles. The van der Waals surface area contributed by atoms with Gasteiger partial charge in [-0.3, -0.25) is 13.8 Å². The molecule has 4 N–H and O–H groups in total. The third-order valence-corrected chi connectivity index (χ3v) is 3.80. The maximum atomic E-state index is 12.0. The van der Waals surface area contributed by atoms with Crippen molar-refractivity contribution in [3.63, 3.8) is 0 Å². The van der Waals surface area contributed by atoms with Gasteiger partial charge in [0.25, 0.3) is 0 Å². The molecule has 2 amide bonds. The number of amides is 2. The molecule has 0 spiro atoms. The van der Waals surface area contributed by atoms with Crippen molar-refractivity contribution in [2.75, 3.05) is 11.9 Å². The predicted molar refractivity (Wildman–Crippen MR) is 89.0 cm³/mol. The summed E-state index contributed by atoms with van der Waals surface area (Å²) in [5.41, 5.74) is 5.39. The minimum absolute atomic E-state index is 0.165. The van der Waals surface area contributed by atoms with E-state index >= 15 is 0 Å². The van der Waals surface area contributed by atoms with Crippen LogP contribution < -0.4 is 16.4 Å². The quantitative estimate of drug-likeness (QED) is 0.713. The first-order valence-electron chi connectivity index (χ1n) is 7.13. The summed E-state index contributed by atoms with van der Waals surface area (Å²) >= 11 is -1.57. The Kier molecular flexibility index (Phi) is 6.86. The van der Waals surface area contributed by atoms with Gasteiger partial charge in [0.05, 0.1) is 23.1 Å². The molecular weight excluding hydrogens is 318 g/mol. The van der Waals surface area contributed by atoms with Crippen molar-refractivity contribution in [1.29, 1.82) is 0 Å². The fourth-order valence-electron chi connectivity index (χ4n) is 1.46. The normalized spacial score (nSPS) is 14.0. The molecule has 0 aliphatic rings. The number of nitrogens with two attached hydrogens (primary N) is 1. The summed E-state index contributed by atoms with van der Waals surface area (Å²) < 4.78 is 17.3. The molecule has 8 heteroatoms. The summed E-state index contributed by atoms with van der Waals surface area (Å²) in [6, 6.07) is 5.78. The van der Waals surface area contributed by atoms with Crippen LogP contribution in [0.15, 0.2) is 29.2 Å². The standard InChI is InChI=1S/C15H23N3O4S/c1-10(16)14(20)17-9-13(19)18-11-5-7-12(8-6-11)23(21)22-15(2,3)4/h5-8,10H,9,16H2,1-4H3,(H,17,20)(H,18,19). The fourth-order valence-corrected chi connectivity index (χ4v) is 2.37. The van der Waals surface area contributed by atoms with Gasteiger partial charge in [0.15, 0.2) is 11.1 Å². The summed E-state index contributed by atoms with van der Waals surface area (Å²) in [6.45, 7) is 6.81. The van der Waals surface area contributed by atoms with E-state index in [9.17, 15) is 13.8 Å². The Morgan fingerprint density at radius 1 is 1.26 bits per heavy atom. The molecule has 2 unspecified atom stereocenters. The van der Waals surface area contributed by atoms with E-state index in [0.29, 0.717) is 10.6 Å². The van der Waals surface area contributed by atoms with Crippen LogP contribution in [-0.2, 0) is 24.9 Å². The number of carbonyl (C=O) groups excluding carboxylic acids is 2. The van der Waals surface area contributed by atoms with Crippen LogP contribution in [0.5, 0.6) is 0 Å². The minimum atomic E-state index is -1.57. The summed E-state index contributed by atoms with van der Waals surface area (Å²) in [5, 5.41) is 5.03. The highest BCUT2D eigenvalue weighted by Gasteiger charge is 2.17. The zero-order valence-corrected chi connectivity index (χ0v) is 14.5. The molecule has 0 aromatic heterocycles. The number of hydrogen-bond donors (Lipinski definition) is 3. The first-order valence-corrected chi connectivity index (χ1v) is 8.20. The third kappa shape index (κ3) is 7.36. The number of rotatable bonds is 6. The summed E-state index contributed by atoms with van der Waals surface area (Å²) in [4.78, 5) is 23.5. The molecule has 0 saturated heterocycles. The SMILES string of the molecule is CC(N)C(=O)NCC(=O)Nc1ccc(S(=O)OC(C)(C)C)cc1. The average Bonchev–Trinajstić information content (AvgIpc) is 2.43. The van der Waals surface area contributed by atoms with Gasteiger partial charge in [-0.2, -0.15) is 0 Å². The lowest BCUT2D eigenvalue weighted by atomic mass is 10.2. The Morgan fingerprint density at radius 2 is 1.83 bits per heavy atom. The third-order valence-electron chi connectivity index (χ3n) is 2.49. The van der Waals surface area contributed by atoms with Crippen molar-refractivity contribution in [3.8, 4) is 0 Å². The van der Waals surface area contributed by atoms with Gasteiger partial charge in [-0.1, -0.05) is 0 Å². The molecule has 0 saturated carbocycles. The molecule has 128 valence electrons. The van der Waals surface area contributed by atoms with Gasteiger partial charge in [0.1, 0.15) is 0 Å². The van der Waals surface area contributed by atoms with E-state index in [2.05, 4.69) is 10.6 Å². The maximum Gasteiger partial charge on any atom is 0.243 e. The van der Waals surface area contributed by atoms with Crippen LogP contribution in [0.25, 0.3) is 0 Å². The van der Waals surface area contributed by atoms with E-state index in [-0.39, 0.29) is 12.5 Å². The topological polar surface area (TPSA) is 111 Å². The van der Waals surface area contributed by atoms with E-state index in [1.54, 1.807) is 24.3 Å². The van der Waals surface area contributed by atoms with Gasteiger partial charge in [-0.15, -0.1) is 0 Å². The number of hydrogen-bond acceptors (Lipinski definition) is 5. The number of carbonyl (C=O) groups is 2. The number of benzene rings is 1. The zero-order chi connectivity index (χ0) is 17.6. The van der Waals surface area contributed by atoms with Crippen molar-refractivity contribution in [3.05, 3.63) is 24.3 Å². The molecule has 1 aromatic carbocycles. The Bertz CT molecular complexity index is 579. The van der Waals surface area contributed by atoms with Crippen LogP contribution in [0.4, 0.5) is 5.69 Å². The molecule has 1 aromatic rings. The molecule has 0 radical (unpaired) electrons. The number of nitrogens with one attached hydrogen (secondary N) is 2. The van der Waals surface area contributed by atoms with E-state index in [1.807, 2.05) is 20.8 Å². The second kappa shape index (κ2) is 8.19. The summed E-state index contributed by atoms with van der Waals surface area (Å²) in [7, 11) is 0. The highest BCUT2D eigenvalue weighted by molar-refractivity contribution is 7.80. The molecule has 0 heterocycles. The smallest absolute Gasteiger partial charge is 0.243 e. The van der Waals surface area contributed by atoms with Crippen LogP contribution in [0.3, 0.4) is 0 Å². The van der Waals surface area contributed by atoms with Crippen LogP contribution in [0.2, 0.25) is 0 Å². The van der Waals surface area contributed by atoms with Crippen molar-refractivity contribution in [1.82, 2.24) is 5.32 Å².